The molecule has 0 spiro atoms. The molecule has 1 unspecified atom stereocenters. The number of urea groups is 2. The molecular weight excluding hydrogens is 252 g/mol. The third kappa shape index (κ3) is 2.72. The third-order valence-corrected chi connectivity index (χ3v) is 3.52. The lowest BCUT2D eigenvalue weighted by Crippen LogP contribution is -2.57. The van der Waals surface area contributed by atoms with Gasteiger partial charge in [0, 0.05) is 26.2 Å². The summed E-state index contributed by atoms with van der Waals surface area (Å²) in [6.45, 7) is 3.57. The Morgan fingerprint density at radius 2 is 2.26 bits per heavy atom. The van der Waals surface area contributed by atoms with Crippen LogP contribution in [0.1, 0.15) is 13.3 Å². The van der Waals surface area contributed by atoms with Gasteiger partial charge in [-0.25, -0.2) is 14.4 Å². The highest BCUT2D eigenvalue weighted by molar-refractivity contribution is 5.83. The summed E-state index contributed by atoms with van der Waals surface area (Å²) < 4.78 is 0. The lowest BCUT2D eigenvalue weighted by Gasteiger charge is -2.36. The first kappa shape index (κ1) is 13.4. The Bertz CT molecular complexity index is 400. The zero-order valence-corrected chi connectivity index (χ0v) is 10.8. The average molecular weight is 270 g/mol. The van der Waals surface area contributed by atoms with E-state index in [0.717, 1.165) is 0 Å². The van der Waals surface area contributed by atoms with Crippen LogP contribution in [0.3, 0.4) is 0 Å². The van der Waals surface area contributed by atoms with Gasteiger partial charge in [0.15, 0.2) is 0 Å². The summed E-state index contributed by atoms with van der Waals surface area (Å²) in [6.07, 6.45) is 0.338. The fraction of sp³-hybridized carbons (Fsp3) is 0.727. The summed E-state index contributed by atoms with van der Waals surface area (Å²) in [4.78, 5) is 37.5. The van der Waals surface area contributed by atoms with E-state index in [-0.39, 0.29) is 18.1 Å². The summed E-state index contributed by atoms with van der Waals surface area (Å²) in [6, 6.07) is -1.36. The van der Waals surface area contributed by atoms with Gasteiger partial charge in [-0.2, -0.15) is 0 Å². The molecule has 0 aromatic rings. The molecule has 19 heavy (non-hydrogen) atoms. The van der Waals surface area contributed by atoms with Crippen molar-refractivity contribution in [2.75, 3.05) is 26.2 Å². The number of nitrogens with zero attached hydrogens (tertiary/aromatic N) is 2. The second-order valence-corrected chi connectivity index (χ2v) is 4.73. The maximum atomic E-state index is 12.0. The molecule has 2 aliphatic rings. The molecule has 8 heteroatoms. The minimum Gasteiger partial charge on any atom is -0.480 e. The van der Waals surface area contributed by atoms with Gasteiger partial charge >= 0.3 is 18.0 Å². The van der Waals surface area contributed by atoms with Crippen LogP contribution in [-0.4, -0.2) is 71.2 Å². The smallest absolute Gasteiger partial charge is 0.326 e. The van der Waals surface area contributed by atoms with Gasteiger partial charge < -0.3 is 25.5 Å². The van der Waals surface area contributed by atoms with Crippen molar-refractivity contribution in [1.82, 2.24) is 20.4 Å². The lowest BCUT2D eigenvalue weighted by molar-refractivity contribution is -0.139. The normalized spacial score (nSPS) is 23.6. The van der Waals surface area contributed by atoms with Crippen molar-refractivity contribution >= 4 is 18.0 Å². The molecule has 4 amide bonds. The molecule has 2 aliphatic heterocycles. The van der Waals surface area contributed by atoms with Crippen LogP contribution in [0.25, 0.3) is 0 Å². The van der Waals surface area contributed by atoms with Gasteiger partial charge in [-0.15, -0.1) is 0 Å². The topological polar surface area (TPSA) is 102 Å². The number of carboxylic acid groups (broad SMARTS) is 1. The first-order valence-corrected chi connectivity index (χ1v) is 6.35. The molecule has 3 N–H and O–H groups in total. The number of carbonyl (C=O) groups is 3. The van der Waals surface area contributed by atoms with Crippen molar-refractivity contribution in [1.29, 1.82) is 0 Å². The predicted octanol–water partition coefficient (Wildman–Crippen LogP) is -0.731. The van der Waals surface area contributed by atoms with Crippen LogP contribution in [0, 0.1) is 0 Å². The number of carbonyl (C=O) groups excluding carboxylic acids is 2. The Labute approximate surface area is 110 Å². The van der Waals surface area contributed by atoms with Crippen LogP contribution >= 0.6 is 0 Å². The molecule has 2 atom stereocenters. The molecule has 106 valence electrons. The van der Waals surface area contributed by atoms with Crippen LogP contribution in [0.5, 0.6) is 0 Å². The van der Waals surface area contributed by atoms with Crippen molar-refractivity contribution in [2.24, 2.45) is 0 Å². The van der Waals surface area contributed by atoms with Crippen molar-refractivity contribution in [3.05, 3.63) is 0 Å². The molecule has 2 heterocycles. The summed E-state index contributed by atoms with van der Waals surface area (Å²) in [5.41, 5.74) is 0. The molecule has 2 saturated heterocycles. The van der Waals surface area contributed by atoms with Crippen molar-refractivity contribution in [2.45, 2.75) is 25.4 Å². The minimum absolute atomic E-state index is 0.0168. The van der Waals surface area contributed by atoms with E-state index in [1.807, 2.05) is 0 Å². The summed E-state index contributed by atoms with van der Waals surface area (Å²) in [5.74, 6) is -1.04. The number of rotatable bonds is 3. The van der Waals surface area contributed by atoms with E-state index in [4.69, 9.17) is 5.11 Å². The predicted molar refractivity (Wildman–Crippen MR) is 65.7 cm³/mol. The Morgan fingerprint density at radius 1 is 1.53 bits per heavy atom. The highest BCUT2D eigenvalue weighted by Gasteiger charge is 2.37. The first-order valence-electron chi connectivity index (χ1n) is 6.35. The van der Waals surface area contributed by atoms with Crippen molar-refractivity contribution in [3.8, 4) is 0 Å². The Kier molecular flexibility index (Phi) is 3.77. The van der Waals surface area contributed by atoms with Crippen LogP contribution in [-0.2, 0) is 4.79 Å². The largest absolute Gasteiger partial charge is 0.480 e. The maximum Gasteiger partial charge on any atom is 0.326 e. The average Bonchev–Trinajstić information content (AvgIpc) is 2.76. The Hall–Kier alpha value is -1.99. The molecule has 0 aromatic heterocycles. The van der Waals surface area contributed by atoms with Gasteiger partial charge in [-0.3, -0.25) is 0 Å². The number of carboxylic acids is 1. The number of fused-ring (bicyclic) bond motifs is 1. The van der Waals surface area contributed by atoms with E-state index in [2.05, 4.69) is 10.6 Å². The molecule has 0 aromatic carbocycles. The summed E-state index contributed by atoms with van der Waals surface area (Å²) >= 11 is 0. The van der Waals surface area contributed by atoms with Crippen LogP contribution in [0.4, 0.5) is 9.59 Å². The second kappa shape index (κ2) is 5.33. The molecule has 2 rings (SSSR count). The lowest BCUT2D eigenvalue weighted by atomic mass is 10.2. The molecule has 0 saturated carbocycles. The summed E-state index contributed by atoms with van der Waals surface area (Å²) in [7, 11) is 0. The zero-order valence-electron chi connectivity index (χ0n) is 10.8. The van der Waals surface area contributed by atoms with Crippen molar-refractivity contribution in [3.63, 3.8) is 0 Å². The van der Waals surface area contributed by atoms with Crippen LogP contribution < -0.4 is 10.6 Å². The van der Waals surface area contributed by atoms with Gasteiger partial charge in [0.1, 0.15) is 6.04 Å². The number of hydrogen-bond acceptors (Lipinski definition) is 3. The third-order valence-electron chi connectivity index (χ3n) is 3.52. The van der Waals surface area contributed by atoms with Crippen LogP contribution in [0.2, 0.25) is 0 Å². The Morgan fingerprint density at radius 3 is 2.89 bits per heavy atom. The van der Waals surface area contributed by atoms with Gasteiger partial charge in [0.2, 0.25) is 0 Å². The first-order chi connectivity index (χ1) is 9.02. The highest BCUT2D eigenvalue weighted by Crippen LogP contribution is 2.14. The number of nitrogens with one attached hydrogen (secondary N) is 2. The SMILES string of the molecule is CC[C@H](NC(=O)N1CCN2C(=O)NCC2C1)C(=O)O. The second-order valence-electron chi connectivity index (χ2n) is 4.73. The Balaban J connectivity index is 1.91. The van der Waals surface area contributed by atoms with Gasteiger partial charge in [0.05, 0.1) is 6.04 Å². The quantitative estimate of drug-likeness (QED) is 0.629. The van der Waals surface area contributed by atoms with E-state index in [1.54, 1.807) is 16.7 Å². The molecule has 8 nitrogen and oxygen atoms in total. The highest BCUT2D eigenvalue weighted by atomic mass is 16.4. The number of piperazine rings is 1. The monoisotopic (exact) mass is 270 g/mol. The van der Waals surface area contributed by atoms with E-state index in [1.165, 1.54) is 0 Å². The minimum atomic E-state index is -1.04. The number of hydrogen-bond donors (Lipinski definition) is 3. The van der Waals surface area contributed by atoms with Crippen molar-refractivity contribution < 1.29 is 19.5 Å². The molecule has 0 aliphatic carbocycles. The van der Waals surface area contributed by atoms with Gasteiger partial charge in [-0.1, -0.05) is 6.92 Å². The number of aliphatic carboxylic acids is 1. The molecule has 0 radical (unpaired) electrons. The molecular formula is C11H18N4O4. The fourth-order valence-electron chi connectivity index (χ4n) is 2.37. The van der Waals surface area contributed by atoms with E-state index in [0.29, 0.717) is 32.6 Å². The van der Waals surface area contributed by atoms with E-state index < -0.39 is 12.0 Å². The van der Waals surface area contributed by atoms with Crippen LogP contribution in [0.15, 0.2) is 0 Å². The van der Waals surface area contributed by atoms with Gasteiger partial charge in [0.25, 0.3) is 0 Å². The zero-order chi connectivity index (χ0) is 14.0. The maximum absolute atomic E-state index is 12.0. The summed E-state index contributed by atoms with van der Waals surface area (Å²) in [5, 5.41) is 14.1. The number of amides is 4. The van der Waals surface area contributed by atoms with Gasteiger partial charge in [-0.05, 0) is 6.42 Å². The molecule has 0 bridgehead atoms. The standard InChI is InChI=1S/C11H18N4O4/c1-2-8(9(16)17)13-11(19)14-3-4-15-7(6-14)5-12-10(15)18/h7-8H,2-6H2,1H3,(H,12,18)(H,13,19)(H,16,17)/t7?,8-/m0/s1. The molecule has 2 fully saturated rings. The van der Waals surface area contributed by atoms with E-state index in [9.17, 15) is 14.4 Å². The fourth-order valence-corrected chi connectivity index (χ4v) is 2.37. The van der Waals surface area contributed by atoms with E-state index >= 15 is 0 Å².